The second kappa shape index (κ2) is 4.69. The molecule has 0 spiro atoms. The fraction of sp³-hybridized carbons (Fsp3) is 0.538. The Morgan fingerprint density at radius 2 is 2.06 bits per heavy atom. The molecule has 1 fully saturated rings. The van der Waals surface area contributed by atoms with Gasteiger partial charge in [0.05, 0.1) is 5.56 Å². The number of hydrogen-bond donors (Lipinski definition) is 1. The van der Waals surface area contributed by atoms with Crippen molar-refractivity contribution in [2.75, 3.05) is 0 Å². The molecule has 1 aliphatic carbocycles. The van der Waals surface area contributed by atoms with Gasteiger partial charge >= 0.3 is 6.18 Å². The molecule has 0 saturated heterocycles. The van der Waals surface area contributed by atoms with Crippen LogP contribution in [0, 0.1) is 5.92 Å². The minimum atomic E-state index is -4.25. The van der Waals surface area contributed by atoms with Gasteiger partial charge in [-0.3, -0.25) is 0 Å². The molecule has 1 saturated carbocycles. The molecule has 0 amide bonds. The van der Waals surface area contributed by atoms with E-state index < -0.39 is 11.7 Å². The summed E-state index contributed by atoms with van der Waals surface area (Å²) in [6, 6.07) is 5.90. The number of halogens is 3. The highest BCUT2D eigenvalue weighted by Gasteiger charge is 2.30. The third-order valence-electron chi connectivity index (χ3n) is 3.21. The molecule has 1 atom stereocenters. The molecule has 1 aromatic rings. The van der Waals surface area contributed by atoms with Crippen LogP contribution in [0.5, 0.6) is 0 Å². The summed E-state index contributed by atoms with van der Waals surface area (Å²) in [5.74, 6) is 0.709. The zero-order chi connectivity index (χ0) is 12.5. The number of hydrogen-bond acceptors (Lipinski definition) is 1. The number of rotatable bonds is 4. The van der Waals surface area contributed by atoms with Crippen molar-refractivity contribution in [3.05, 3.63) is 35.4 Å². The van der Waals surface area contributed by atoms with Crippen LogP contribution in [0.4, 0.5) is 13.2 Å². The molecule has 1 N–H and O–H groups in total. The van der Waals surface area contributed by atoms with Crippen molar-refractivity contribution in [3.8, 4) is 0 Å². The van der Waals surface area contributed by atoms with E-state index in [2.05, 4.69) is 12.2 Å². The van der Waals surface area contributed by atoms with E-state index in [1.165, 1.54) is 25.0 Å². The summed E-state index contributed by atoms with van der Waals surface area (Å²) in [6.45, 7) is 2.59. The monoisotopic (exact) mass is 243 g/mol. The lowest BCUT2D eigenvalue weighted by Gasteiger charge is -2.13. The van der Waals surface area contributed by atoms with Gasteiger partial charge in [0.15, 0.2) is 0 Å². The van der Waals surface area contributed by atoms with Gasteiger partial charge in [0.2, 0.25) is 0 Å². The van der Waals surface area contributed by atoms with Crippen LogP contribution in [0.2, 0.25) is 0 Å². The van der Waals surface area contributed by atoms with Crippen LogP contribution in [-0.2, 0) is 12.7 Å². The van der Waals surface area contributed by atoms with E-state index in [1.54, 1.807) is 6.07 Å². The van der Waals surface area contributed by atoms with Gasteiger partial charge in [-0.1, -0.05) is 18.2 Å². The Bertz CT molecular complexity index is 382. The van der Waals surface area contributed by atoms with Crippen molar-refractivity contribution in [1.82, 2.24) is 5.32 Å². The maximum atomic E-state index is 12.5. The Morgan fingerprint density at radius 1 is 1.35 bits per heavy atom. The predicted molar refractivity (Wildman–Crippen MR) is 60.5 cm³/mol. The molecule has 94 valence electrons. The van der Waals surface area contributed by atoms with E-state index in [4.69, 9.17) is 0 Å². The lowest BCUT2D eigenvalue weighted by Crippen LogP contribution is -2.27. The van der Waals surface area contributed by atoms with Gasteiger partial charge in [0.1, 0.15) is 0 Å². The molecule has 0 radical (unpaired) electrons. The van der Waals surface area contributed by atoms with Crippen molar-refractivity contribution in [3.63, 3.8) is 0 Å². The van der Waals surface area contributed by atoms with Crippen molar-refractivity contribution in [1.29, 1.82) is 0 Å². The third kappa shape index (κ3) is 3.46. The highest BCUT2D eigenvalue weighted by molar-refractivity contribution is 5.25. The molecular weight excluding hydrogens is 227 g/mol. The van der Waals surface area contributed by atoms with Crippen molar-refractivity contribution >= 4 is 0 Å². The van der Waals surface area contributed by atoms with E-state index in [0.29, 0.717) is 24.1 Å². The molecule has 1 unspecified atom stereocenters. The van der Waals surface area contributed by atoms with Crippen molar-refractivity contribution in [2.45, 2.75) is 38.5 Å². The van der Waals surface area contributed by atoms with Crippen LogP contribution in [0.25, 0.3) is 0 Å². The van der Waals surface area contributed by atoms with Gasteiger partial charge in [-0.05, 0) is 37.3 Å². The summed E-state index contributed by atoms with van der Waals surface area (Å²) in [7, 11) is 0. The number of alkyl halides is 3. The van der Waals surface area contributed by atoms with E-state index in [1.807, 2.05) is 0 Å². The first-order valence-electron chi connectivity index (χ1n) is 5.86. The average Bonchev–Trinajstić information content (AvgIpc) is 3.09. The topological polar surface area (TPSA) is 12.0 Å². The lowest BCUT2D eigenvalue weighted by atomic mass is 10.1. The molecule has 0 aliphatic heterocycles. The van der Waals surface area contributed by atoms with Gasteiger partial charge < -0.3 is 5.32 Å². The average molecular weight is 243 g/mol. The number of nitrogens with one attached hydrogen (secondary N) is 1. The molecule has 4 heteroatoms. The smallest absolute Gasteiger partial charge is 0.310 e. The second-order valence-corrected chi connectivity index (χ2v) is 4.71. The molecule has 1 nitrogen and oxygen atoms in total. The normalized spacial score (nSPS) is 18.1. The molecule has 1 aliphatic rings. The van der Waals surface area contributed by atoms with Crippen LogP contribution in [0.15, 0.2) is 24.3 Å². The fourth-order valence-corrected chi connectivity index (χ4v) is 1.90. The second-order valence-electron chi connectivity index (χ2n) is 4.71. The maximum absolute atomic E-state index is 12.5. The first-order valence-corrected chi connectivity index (χ1v) is 5.86. The van der Waals surface area contributed by atoms with Crippen LogP contribution in [0.1, 0.15) is 30.9 Å². The maximum Gasteiger partial charge on any atom is 0.416 e. The first kappa shape index (κ1) is 12.4. The number of benzene rings is 1. The summed E-state index contributed by atoms with van der Waals surface area (Å²) < 4.78 is 37.5. The van der Waals surface area contributed by atoms with E-state index in [9.17, 15) is 13.2 Å². The fourth-order valence-electron chi connectivity index (χ4n) is 1.90. The van der Waals surface area contributed by atoms with Crippen LogP contribution >= 0.6 is 0 Å². The Hall–Kier alpha value is -1.03. The van der Waals surface area contributed by atoms with Crippen molar-refractivity contribution in [2.24, 2.45) is 5.92 Å². The summed E-state index contributed by atoms with van der Waals surface area (Å²) in [5, 5.41) is 3.27. The molecule has 0 bridgehead atoms. The molecule has 0 heterocycles. The molecule has 0 aromatic heterocycles. The zero-order valence-corrected chi connectivity index (χ0v) is 9.72. The highest BCUT2D eigenvalue weighted by atomic mass is 19.4. The Labute approximate surface area is 99.0 Å². The Balaban J connectivity index is 1.96. The summed E-state index contributed by atoms with van der Waals surface area (Å²) in [4.78, 5) is 0. The quantitative estimate of drug-likeness (QED) is 0.852. The summed E-state index contributed by atoms with van der Waals surface area (Å²) in [5.41, 5.74) is 0.114. The SMILES string of the molecule is CC(NCc1cccc(C(F)(F)F)c1)C1CC1. The lowest BCUT2D eigenvalue weighted by molar-refractivity contribution is -0.137. The highest BCUT2D eigenvalue weighted by Crippen LogP contribution is 2.32. The van der Waals surface area contributed by atoms with Gasteiger partial charge in [-0.15, -0.1) is 0 Å². The Morgan fingerprint density at radius 3 is 2.65 bits per heavy atom. The van der Waals surface area contributed by atoms with E-state index >= 15 is 0 Å². The van der Waals surface area contributed by atoms with Gasteiger partial charge in [-0.2, -0.15) is 13.2 Å². The molecular formula is C13H16F3N. The van der Waals surface area contributed by atoms with Crippen LogP contribution in [-0.4, -0.2) is 6.04 Å². The summed E-state index contributed by atoms with van der Waals surface area (Å²) in [6.07, 6.45) is -1.79. The Kier molecular flexibility index (Phi) is 3.43. The molecule has 1 aromatic carbocycles. The third-order valence-corrected chi connectivity index (χ3v) is 3.21. The zero-order valence-electron chi connectivity index (χ0n) is 9.72. The standard InChI is InChI=1S/C13H16F3N/c1-9(11-5-6-11)17-8-10-3-2-4-12(7-10)13(14,15)16/h2-4,7,9,11,17H,5-6,8H2,1H3. The van der Waals surface area contributed by atoms with Gasteiger partial charge in [-0.25, -0.2) is 0 Å². The van der Waals surface area contributed by atoms with Gasteiger partial charge in [0, 0.05) is 12.6 Å². The van der Waals surface area contributed by atoms with Crippen LogP contribution < -0.4 is 5.32 Å². The molecule has 17 heavy (non-hydrogen) atoms. The summed E-state index contributed by atoms with van der Waals surface area (Å²) >= 11 is 0. The largest absolute Gasteiger partial charge is 0.416 e. The first-order chi connectivity index (χ1) is 7.97. The van der Waals surface area contributed by atoms with E-state index in [0.717, 1.165) is 6.07 Å². The predicted octanol–water partition coefficient (Wildman–Crippen LogP) is 3.59. The van der Waals surface area contributed by atoms with E-state index in [-0.39, 0.29) is 0 Å². The minimum absolute atomic E-state index is 0.393. The van der Waals surface area contributed by atoms with Gasteiger partial charge in [0.25, 0.3) is 0 Å². The molecule has 2 rings (SSSR count). The van der Waals surface area contributed by atoms with Crippen molar-refractivity contribution < 1.29 is 13.2 Å². The van der Waals surface area contributed by atoms with Crippen LogP contribution in [0.3, 0.4) is 0 Å². The minimum Gasteiger partial charge on any atom is -0.310 e.